The van der Waals surface area contributed by atoms with E-state index in [1.807, 2.05) is 66.7 Å². The van der Waals surface area contributed by atoms with Gasteiger partial charge in [0.15, 0.2) is 17.5 Å². The van der Waals surface area contributed by atoms with Crippen molar-refractivity contribution in [2.75, 3.05) is 0 Å². The van der Waals surface area contributed by atoms with E-state index in [-0.39, 0.29) is 0 Å². The lowest BCUT2D eigenvalue weighted by atomic mass is 9.99. The largest absolute Gasteiger partial charge is 0.456 e. The Bertz CT molecular complexity index is 2780. The van der Waals surface area contributed by atoms with Crippen LogP contribution < -0.4 is 0 Å². The molecule has 5 nitrogen and oxygen atoms in total. The van der Waals surface area contributed by atoms with E-state index in [4.69, 9.17) is 23.8 Å². The Balaban J connectivity index is 1.09. The molecule has 0 N–H and O–H groups in total. The van der Waals surface area contributed by atoms with Crippen LogP contribution in [-0.4, -0.2) is 15.0 Å². The van der Waals surface area contributed by atoms with Crippen LogP contribution in [0.25, 0.3) is 99.9 Å². The van der Waals surface area contributed by atoms with Gasteiger partial charge in [-0.2, -0.15) is 0 Å². The van der Waals surface area contributed by atoms with Gasteiger partial charge in [-0.05, 0) is 64.4 Å². The second kappa shape index (κ2) is 10.5. The second-order valence-corrected chi connectivity index (χ2v) is 12.0. The van der Waals surface area contributed by atoms with E-state index in [0.717, 1.165) is 71.7 Å². The molecule has 0 spiro atoms. The quantitative estimate of drug-likeness (QED) is 0.197. The Morgan fingerprint density at radius 3 is 1.56 bits per heavy atom. The van der Waals surface area contributed by atoms with Gasteiger partial charge in [0.2, 0.25) is 0 Å². The van der Waals surface area contributed by atoms with Crippen molar-refractivity contribution in [1.29, 1.82) is 0 Å². The summed E-state index contributed by atoms with van der Waals surface area (Å²) < 4.78 is 12.7. The van der Waals surface area contributed by atoms with Crippen LogP contribution in [-0.2, 0) is 0 Å². The highest BCUT2D eigenvalue weighted by Crippen LogP contribution is 2.39. The fourth-order valence-corrected chi connectivity index (χ4v) is 6.76. The Labute approximate surface area is 274 Å². The maximum atomic E-state index is 6.41. The van der Waals surface area contributed by atoms with Crippen LogP contribution in [0.1, 0.15) is 0 Å². The maximum absolute atomic E-state index is 6.41. The molecular formula is C43H25N3O2. The first-order chi connectivity index (χ1) is 23.7. The highest BCUT2D eigenvalue weighted by molar-refractivity contribution is 6.19. The second-order valence-electron chi connectivity index (χ2n) is 12.0. The zero-order valence-corrected chi connectivity index (χ0v) is 25.6. The van der Waals surface area contributed by atoms with E-state index in [1.165, 1.54) is 10.8 Å². The van der Waals surface area contributed by atoms with Gasteiger partial charge >= 0.3 is 0 Å². The average molecular weight is 616 g/mol. The van der Waals surface area contributed by atoms with Crippen molar-refractivity contribution in [1.82, 2.24) is 15.0 Å². The number of hydrogen-bond donors (Lipinski definition) is 0. The summed E-state index contributed by atoms with van der Waals surface area (Å²) in [5.41, 5.74) is 8.37. The molecule has 0 aliphatic carbocycles. The number of fused-ring (bicyclic) bond motifs is 8. The molecule has 10 rings (SSSR count). The predicted octanol–water partition coefficient (Wildman–Crippen LogP) is 11.5. The van der Waals surface area contributed by atoms with Crippen molar-refractivity contribution in [2.45, 2.75) is 0 Å². The van der Waals surface area contributed by atoms with Gasteiger partial charge in [0, 0.05) is 38.2 Å². The Morgan fingerprint density at radius 2 is 0.854 bits per heavy atom. The van der Waals surface area contributed by atoms with Gasteiger partial charge in [0.05, 0.1) is 0 Å². The summed E-state index contributed by atoms with van der Waals surface area (Å²) in [6.07, 6.45) is 0. The fourth-order valence-electron chi connectivity index (χ4n) is 6.76. The van der Waals surface area contributed by atoms with Gasteiger partial charge in [0.25, 0.3) is 0 Å². The minimum Gasteiger partial charge on any atom is -0.456 e. The van der Waals surface area contributed by atoms with E-state index in [1.54, 1.807) is 0 Å². The van der Waals surface area contributed by atoms with Gasteiger partial charge in [-0.1, -0.05) is 109 Å². The molecule has 0 saturated heterocycles. The molecule has 224 valence electrons. The first kappa shape index (κ1) is 26.6. The lowest BCUT2D eigenvalue weighted by molar-refractivity contribution is 0.668. The third kappa shape index (κ3) is 4.29. The van der Waals surface area contributed by atoms with E-state index >= 15 is 0 Å². The van der Waals surface area contributed by atoms with Gasteiger partial charge < -0.3 is 8.83 Å². The molecule has 48 heavy (non-hydrogen) atoms. The summed E-state index contributed by atoms with van der Waals surface area (Å²) >= 11 is 0. The Kier molecular flexibility index (Phi) is 5.81. The summed E-state index contributed by atoms with van der Waals surface area (Å²) in [4.78, 5) is 14.6. The molecule has 10 aromatic rings. The molecule has 7 aromatic carbocycles. The zero-order chi connectivity index (χ0) is 31.6. The number of aromatic nitrogens is 3. The monoisotopic (exact) mass is 615 g/mol. The van der Waals surface area contributed by atoms with Crippen LogP contribution >= 0.6 is 0 Å². The average Bonchev–Trinajstić information content (AvgIpc) is 3.72. The van der Waals surface area contributed by atoms with Crippen LogP contribution in [0.4, 0.5) is 0 Å². The van der Waals surface area contributed by atoms with E-state index in [2.05, 4.69) is 84.9 Å². The van der Waals surface area contributed by atoms with Crippen molar-refractivity contribution < 1.29 is 8.83 Å². The number of rotatable bonds is 4. The van der Waals surface area contributed by atoms with Gasteiger partial charge in [0.1, 0.15) is 22.3 Å². The molecular weight excluding hydrogens is 590 g/mol. The normalized spacial score (nSPS) is 11.8. The lowest BCUT2D eigenvalue weighted by Crippen LogP contribution is -2.00. The highest BCUT2D eigenvalue weighted by Gasteiger charge is 2.16. The third-order valence-electron chi connectivity index (χ3n) is 9.12. The minimum absolute atomic E-state index is 0.596. The SMILES string of the molecule is c1ccc(-c2nc(-c3ccccc3)nc(-c3ccc4c(c3)oc3ccc(-c5ccc6oc7ccc8ccccc8c7c6c5)cc34)n2)cc1. The van der Waals surface area contributed by atoms with E-state index in [9.17, 15) is 0 Å². The Hall–Kier alpha value is -6.59. The smallest absolute Gasteiger partial charge is 0.164 e. The molecule has 0 aliphatic heterocycles. The van der Waals surface area contributed by atoms with Gasteiger partial charge in [-0.25, -0.2) is 15.0 Å². The van der Waals surface area contributed by atoms with Crippen LogP contribution in [0.3, 0.4) is 0 Å². The van der Waals surface area contributed by atoms with Crippen LogP contribution in [0.15, 0.2) is 160 Å². The van der Waals surface area contributed by atoms with Gasteiger partial charge in [-0.15, -0.1) is 0 Å². The summed E-state index contributed by atoms with van der Waals surface area (Å²) in [5.74, 6) is 1.85. The topological polar surface area (TPSA) is 65.0 Å². The first-order valence-electron chi connectivity index (χ1n) is 15.9. The van der Waals surface area contributed by atoms with Crippen molar-refractivity contribution in [3.8, 4) is 45.3 Å². The summed E-state index contributed by atoms with van der Waals surface area (Å²) in [5, 5.41) is 6.76. The first-order valence-corrected chi connectivity index (χ1v) is 15.9. The molecule has 0 atom stereocenters. The highest BCUT2D eigenvalue weighted by atomic mass is 16.3. The van der Waals surface area contributed by atoms with E-state index < -0.39 is 0 Å². The van der Waals surface area contributed by atoms with Crippen LogP contribution in [0.2, 0.25) is 0 Å². The third-order valence-corrected chi connectivity index (χ3v) is 9.12. The molecule has 0 radical (unpaired) electrons. The molecule has 0 bridgehead atoms. The molecule has 0 unspecified atom stereocenters. The van der Waals surface area contributed by atoms with Crippen molar-refractivity contribution in [3.63, 3.8) is 0 Å². The summed E-state index contributed by atoms with van der Waals surface area (Å²) in [6.45, 7) is 0. The molecule has 0 fully saturated rings. The number of furan rings is 2. The molecule has 5 heteroatoms. The van der Waals surface area contributed by atoms with Crippen molar-refractivity contribution >= 4 is 54.6 Å². The number of nitrogens with zero attached hydrogens (tertiary/aromatic N) is 3. The molecule has 3 aromatic heterocycles. The summed E-state index contributed by atoms with van der Waals surface area (Å²) in [6, 6.07) is 51.7. The molecule has 0 aliphatic rings. The van der Waals surface area contributed by atoms with Crippen molar-refractivity contribution in [3.05, 3.63) is 152 Å². The van der Waals surface area contributed by atoms with Gasteiger partial charge in [-0.3, -0.25) is 0 Å². The minimum atomic E-state index is 0.596. The lowest BCUT2D eigenvalue weighted by Gasteiger charge is -2.08. The predicted molar refractivity (Wildman–Crippen MR) is 194 cm³/mol. The standard InChI is InChI=1S/C43H25N3O2/c1-3-10-27(11-4-1)41-44-42(28-12-5-2-6-13-28)46-43(45-41)31-15-19-33-34-23-29(17-20-36(34)48-39(33)25-31)30-18-21-37-35(24-30)40-32-14-8-7-9-26(32)16-22-38(40)47-37/h1-25H. The van der Waals surface area contributed by atoms with E-state index in [0.29, 0.717) is 17.5 Å². The number of benzene rings is 7. The molecule has 0 amide bonds. The molecule has 3 heterocycles. The van der Waals surface area contributed by atoms with Crippen LogP contribution in [0.5, 0.6) is 0 Å². The van der Waals surface area contributed by atoms with Crippen molar-refractivity contribution in [2.24, 2.45) is 0 Å². The number of hydrogen-bond acceptors (Lipinski definition) is 5. The zero-order valence-electron chi connectivity index (χ0n) is 25.6. The van der Waals surface area contributed by atoms with Crippen LogP contribution in [0, 0.1) is 0 Å². The maximum Gasteiger partial charge on any atom is 0.164 e. The fraction of sp³-hybridized carbons (Fsp3) is 0. The summed E-state index contributed by atoms with van der Waals surface area (Å²) in [7, 11) is 0. The Morgan fingerprint density at radius 1 is 0.312 bits per heavy atom. The molecule has 0 saturated carbocycles.